The third-order valence-electron chi connectivity index (χ3n) is 4.89. The van der Waals surface area contributed by atoms with Gasteiger partial charge < -0.3 is 10.6 Å². The van der Waals surface area contributed by atoms with Crippen molar-refractivity contribution in [1.82, 2.24) is 14.7 Å². The number of halogens is 2. The van der Waals surface area contributed by atoms with E-state index in [0.717, 1.165) is 22.5 Å². The Morgan fingerprint density at radius 1 is 1.14 bits per heavy atom. The fourth-order valence-corrected chi connectivity index (χ4v) is 3.12. The van der Waals surface area contributed by atoms with E-state index in [9.17, 15) is 4.79 Å². The van der Waals surface area contributed by atoms with Gasteiger partial charge in [-0.1, -0.05) is 48.9 Å². The van der Waals surface area contributed by atoms with Crippen LogP contribution in [0.2, 0.25) is 5.02 Å². The molecule has 3 aromatic rings. The highest BCUT2D eigenvalue weighted by Crippen LogP contribution is 2.26. The predicted molar refractivity (Wildman–Crippen MR) is 121 cm³/mol. The molecule has 7 heteroatoms. The Balaban J connectivity index is 0.00000300. The van der Waals surface area contributed by atoms with Crippen molar-refractivity contribution in [2.24, 2.45) is 11.7 Å². The summed E-state index contributed by atoms with van der Waals surface area (Å²) in [5.41, 5.74) is 9.61. The van der Waals surface area contributed by atoms with Crippen LogP contribution >= 0.6 is 24.0 Å². The monoisotopic (exact) mass is 432 g/mol. The van der Waals surface area contributed by atoms with Crippen LogP contribution in [0.4, 0.5) is 0 Å². The molecule has 5 nitrogen and oxygen atoms in total. The second-order valence-electron chi connectivity index (χ2n) is 7.13. The van der Waals surface area contributed by atoms with Crippen LogP contribution in [-0.4, -0.2) is 33.7 Å². The van der Waals surface area contributed by atoms with Crippen LogP contribution < -0.4 is 5.73 Å². The van der Waals surface area contributed by atoms with E-state index in [2.05, 4.69) is 0 Å². The molecule has 0 aliphatic carbocycles. The lowest BCUT2D eigenvalue weighted by Crippen LogP contribution is -2.39. The Labute approximate surface area is 182 Å². The van der Waals surface area contributed by atoms with Crippen molar-refractivity contribution in [3.63, 3.8) is 0 Å². The molecular weight excluding hydrogens is 407 g/mol. The van der Waals surface area contributed by atoms with Crippen molar-refractivity contribution in [3.05, 3.63) is 71.4 Å². The fourth-order valence-electron chi connectivity index (χ4n) is 3.00. The highest BCUT2D eigenvalue weighted by molar-refractivity contribution is 6.30. The summed E-state index contributed by atoms with van der Waals surface area (Å²) in [6.45, 7) is 4.15. The van der Waals surface area contributed by atoms with Gasteiger partial charge in [-0.05, 0) is 31.2 Å². The molecule has 0 aliphatic heterocycles. The van der Waals surface area contributed by atoms with E-state index in [1.54, 1.807) is 11.9 Å². The van der Waals surface area contributed by atoms with Crippen molar-refractivity contribution < 1.29 is 4.79 Å². The van der Waals surface area contributed by atoms with Gasteiger partial charge in [0, 0.05) is 42.0 Å². The number of carbonyl (C=O) groups is 1. The molecule has 2 N–H and O–H groups in total. The van der Waals surface area contributed by atoms with E-state index in [1.807, 2.05) is 79.3 Å². The van der Waals surface area contributed by atoms with E-state index in [-0.39, 0.29) is 30.3 Å². The first kappa shape index (κ1) is 22.9. The van der Waals surface area contributed by atoms with Crippen LogP contribution in [0.5, 0.6) is 0 Å². The highest BCUT2D eigenvalue weighted by atomic mass is 35.5. The van der Waals surface area contributed by atoms with Crippen LogP contribution in [0.3, 0.4) is 0 Å². The van der Waals surface area contributed by atoms with E-state index >= 15 is 0 Å². The van der Waals surface area contributed by atoms with E-state index < -0.39 is 0 Å². The number of aromatic nitrogens is 2. The van der Waals surface area contributed by atoms with Crippen molar-refractivity contribution in [1.29, 1.82) is 0 Å². The van der Waals surface area contributed by atoms with Crippen molar-refractivity contribution in [3.8, 4) is 16.9 Å². The number of nitrogens with zero attached hydrogens (tertiary/aromatic N) is 3. The summed E-state index contributed by atoms with van der Waals surface area (Å²) in [5.74, 6) is -0.224. The van der Waals surface area contributed by atoms with Gasteiger partial charge in [-0.15, -0.1) is 12.4 Å². The zero-order chi connectivity index (χ0) is 20.3. The lowest BCUT2D eigenvalue weighted by molar-refractivity contribution is -0.134. The molecule has 154 valence electrons. The summed E-state index contributed by atoms with van der Waals surface area (Å²) >= 11 is 6.04. The van der Waals surface area contributed by atoms with Crippen molar-refractivity contribution >= 4 is 29.9 Å². The van der Waals surface area contributed by atoms with Gasteiger partial charge in [0.2, 0.25) is 5.91 Å². The maximum atomic E-state index is 12.7. The Morgan fingerprint density at radius 3 is 2.34 bits per heavy atom. The normalized spacial score (nSPS) is 12.7. The number of para-hydroxylation sites is 1. The van der Waals surface area contributed by atoms with Gasteiger partial charge in [0.25, 0.3) is 0 Å². The minimum absolute atomic E-state index is 0. The maximum Gasteiger partial charge on any atom is 0.226 e. The Kier molecular flexibility index (Phi) is 7.85. The van der Waals surface area contributed by atoms with Crippen molar-refractivity contribution in [2.75, 3.05) is 7.05 Å². The third-order valence-corrected chi connectivity index (χ3v) is 5.14. The number of carbonyl (C=O) groups excluding carboxylic acids is 1. The third kappa shape index (κ3) is 5.38. The number of rotatable bonds is 6. The summed E-state index contributed by atoms with van der Waals surface area (Å²) in [7, 11) is 1.80. The number of nitrogens with two attached hydrogens (primary N) is 1. The maximum absolute atomic E-state index is 12.7. The number of benzene rings is 2. The molecule has 29 heavy (non-hydrogen) atoms. The molecule has 2 atom stereocenters. The van der Waals surface area contributed by atoms with E-state index in [1.165, 1.54) is 0 Å². The Bertz CT molecular complexity index is 939. The minimum atomic E-state index is -0.242. The first-order valence-corrected chi connectivity index (χ1v) is 9.65. The second-order valence-corrected chi connectivity index (χ2v) is 7.57. The van der Waals surface area contributed by atoms with Crippen LogP contribution in [-0.2, 0) is 11.3 Å². The summed E-state index contributed by atoms with van der Waals surface area (Å²) in [4.78, 5) is 14.4. The molecule has 3 rings (SSSR count). The van der Waals surface area contributed by atoms with Gasteiger partial charge in [0.15, 0.2) is 0 Å². The molecule has 1 heterocycles. The van der Waals surface area contributed by atoms with E-state index in [0.29, 0.717) is 11.6 Å². The number of hydrogen-bond donors (Lipinski definition) is 1. The van der Waals surface area contributed by atoms with Crippen LogP contribution in [0.25, 0.3) is 16.9 Å². The SMILES string of the molecule is CC(N)C(C)C(=O)N(C)Cc1cn(-c2ccccc2)nc1-c1ccc(Cl)cc1.Cl. The first-order chi connectivity index (χ1) is 13.4. The number of hydrogen-bond acceptors (Lipinski definition) is 3. The summed E-state index contributed by atoms with van der Waals surface area (Å²) in [6, 6.07) is 17.3. The van der Waals surface area contributed by atoms with Gasteiger partial charge in [0.05, 0.1) is 17.3 Å². The molecular formula is C22H26Cl2N4O. The first-order valence-electron chi connectivity index (χ1n) is 9.27. The zero-order valence-electron chi connectivity index (χ0n) is 16.7. The summed E-state index contributed by atoms with van der Waals surface area (Å²) < 4.78 is 1.84. The largest absolute Gasteiger partial charge is 0.341 e. The average Bonchev–Trinajstić information content (AvgIpc) is 3.11. The Hall–Kier alpha value is -2.34. The predicted octanol–water partition coefficient (Wildman–Crippen LogP) is 4.56. The molecule has 2 aromatic carbocycles. The molecule has 0 bridgehead atoms. The molecule has 2 unspecified atom stereocenters. The van der Waals surface area contributed by atoms with Gasteiger partial charge in [0.1, 0.15) is 0 Å². The molecule has 0 saturated heterocycles. The molecule has 0 spiro atoms. The molecule has 0 saturated carbocycles. The standard InChI is InChI=1S/C22H25ClN4O.ClH/c1-15(16(2)24)22(28)26(3)13-18-14-27(20-7-5-4-6-8-20)25-21(18)17-9-11-19(23)12-10-17;/h4-12,14-16H,13,24H2,1-3H3;1H. The second kappa shape index (κ2) is 9.92. The summed E-state index contributed by atoms with van der Waals surface area (Å²) in [5, 5.41) is 5.46. The molecule has 0 fully saturated rings. The summed E-state index contributed by atoms with van der Waals surface area (Å²) in [6.07, 6.45) is 1.97. The van der Waals surface area contributed by atoms with Crippen LogP contribution in [0.15, 0.2) is 60.8 Å². The zero-order valence-corrected chi connectivity index (χ0v) is 18.3. The topological polar surface area (TPSA) is 64.2 Å². The van der Waals surface area contributed by atoms with Crippen LogP contribution in [0, 0.1) is 5.92 Å². The van der Waals surface area contributed by atoms with Crippen LogP contribution in [0.1, 0.15) is 19.4 Å². The number of amides is 1. The van der Waals surface area contributed by atoms with Crippen molar-refractivity contribution in [2.45, 2.75) is 26.4 Å². The molecule has 1 aromatic heterocycles. The molecule has 1 amide bonds. The van der Waals surface area contributed by atoms with E-state index in [4.69, 9.17) is 22.4 Å². The molecule has 0 aliphatic rings. The van der Waals surface area contributed by atoms with Gasteiger partial charge in [-0.2, -0.15) is 5.10 Å². The lowest BCUT2D eigenvalue weighted by atomic mass is 10.0. The quantitative estimate of drug-likeness (QED) is 0.620. The minimum Gasteiger partial charge on any atom is -0.341 e. The Morgan fingerprint density at radius 2 is 1.76 bits per heavy atom. The fraction of sp³-hybridized carbons (Fsp3) is 0.273. The van der Waals surface area contributed by atoms with Gasteiger partial charge in [-0.25, -0.2) is 4.68 Å². The van der Waals surface area contributed by atoms with Gasteiger partial charge in [-0.3, -0.25) is 4.79 Å². The smallest absolute Gasteiger partial charge is 0.226 e. The van der Waals surface area contributed by atoms with Gasteiger partial charge >= 0.3 is 0 Å². The average molecular weight is 433 g/mol. The highest BCUT2D eigenvalue weighted by Gasteiger charge is 2.23. The lowest BCUT2D eigenvalue weighted by Gasteiger charge is -2.23. The molecule has 0 radical (unpaired) electrons.